The summed E-state index contributed by atoms with van der Waals surface area (Å²) in [5.74, 6) is -0.0401. The molecule has 2 aromatic carbocycles. The molecule has 2 aliphatic rings. The smallest absolute Gasteiger partial charge is 0.340 e. The van der Waals surface area contributed by atoms with Crippen molar-refractivity contribution in [2.24, 2.45) is 0 Å². The molecule has 0 fully saturated rings. The molecule has 3 aromatic rings. The summed E-state index contributed by atoms with van der Waals surface area (Å²) in [4.78, 5) is 28.8. The first-order valence-electron chi connectivity index (χ1n) is 11.2. The maximum atomic E-state index is 13.0. The van der Waals surface area contributed by atoms with E-state index in [1.54, 1.807) is 35.7 Å². The van der Waals surface area contributed by atoms with Crippen molar-refractivity contribution in [2.45, 2.75) is 12.6 Å². The molecule has 2 aliphatic heterocycles. The molecule has 0 aliphatic carbocycles. The summed E-state index contributed by atoms with van der Waals surface area (Å²) in [6.45, 7) is 0.447. The number of hydrogen-bond donors (Lipinski definition) is 1. The zero-order valence-electron chi connectivity index (χ0n) is 19.9. The van der Waals surface area contributed by atoms with Crippen LogP contribution in [0.25, 0.3) is 6.08 Å². The van der Waals surface area contributed by atoms with Gasteiger partial charge in [-0.1, -0.05) is 28.1 Å². The quantitative estimate of drug-likeness (QED) is 0.411. The number of benzene rings is 2. The molecule has 0 spiro atoms. The van der Waals surface area contributed by atoms with E-state index in [0.717, 1.165) is 20.5 Å². The number of phenols is 1. The van der Waals surface area contributed by atoms with Gasteiger partial charge in [0.2, 0.25) is 6.79 Å². The Hall–Kier alpha value is -3.76. The minimum Gasteiger partial charge on any atom is -0.508 e. The predicted molar refractivity (Wildman–Crippen MR) is 140 cm³/mol. The number of esters is 2. The fourth-order valence-corrected chi connectivity index (χ4v) is 5.69. The van der Waals surface area contributed by atoms with Crippen molar-refractivity contribution in [2.75, 3.05) is 21.0 Å². The number of aromatic hydroxyl groups is 1. The van der Waals surface area contributed by atoms with Crippen LogP contribution in [-0.2, 0) is 25.6 Å². The molecule has 5 rings (SSSR count). The zero-order chi connectivity index (χ0) is 26.1. The number of hydrogen-bond acceptors (Lipinski definition) is 9. The van der Waals surface area contributed by atoms with Gasteiger partial charge >= 0.3 is 11.9 Å². The Morgan fingerprint density at radius 1 is 1.08 bits per heavy atom. The van der Waals surface area contributed by atoms with Crippen LogP contribution in [0.15, 0.2) is 69.7 Å². The summed E-state index contributed by atoms with van der Waals surface area (Å²) in [5, 5.41) is 12.4. The van der Waals surface area contributed by atoms with Gasteiger partial charge in [-0.15, -0.1) is 11.3 Å². The van der Waals surface area contributed by atoms with E-state index in [1.165, 1.54) is 20.3 Å². The highest BCUT2D eigenvalue weighted by molar-refractivity contribution is 9.10. The van der Waals surface area contributed by atoms with Gasteiger partial charge in [-0.25, -0.2) is 9.59 Å². The normalized spacial score (nSPS) is 16.2. The van der Waals surface area contributed by atoms with Gasteiger partial charge in [-0.05, 0) is 58.5 Å². The van der Waals surface area contributed by atoms with E-state index in [2.05, 4.69) is 15.9 Å². The van der Waals surface area contributed by atoms with Crippen LogP contribution < -0.4 is 9.47 Å². The van der Waals surface area contributed by atoms with Crippen molar-refractivity contribution in [3.63, 3.8) is 0 Å². The van der Waals surface area contributed by atoms with Gasteiger partial charge in [0.1, 0.15) is 5.75 Å². The average Bonchev–Trinajstić information content (AvgIpc) is 3.57. The Balaban J connectivity index is 1.76. The van der Waals surface area contributed by atoms with Gasteiger partial charge in [-0.3, -0.25) is 0 Å². The molecule has 190 valence electrons. The van der Waals surface area contributed by atoms with E-state index >= 15 is 0 Å². The molecule has 8 nitrogen and oxygen atoms in total. The third kappa shape index (κ3) is 4.82. The number of ether oxygens (including phenoxy) is 4. The average molecular weight is 584 g/mol. The third-order valence-electron chi connectivity index (χ3n) is 6.10. The highest BCUT2D eigenvalue weighted by Gasteiger charge is 2.32. The number of methoxy groups -OCH3 is 2. The molecular formula is C27H22BrNO7S. The number of fused-ring (bicyclic) bond motifs is 2. The molecule has 1 N–H and O–H groups in total. The molecule has 0 saturated heterocycles. The van der Waals surface area contributed by atoms with Crippen LogP contribution in [0.5, 0.6) is 17.2 Å². The lowest BCUT2D eigenvalue weighted by molar-refractivity contribution is -0.139. The van der Waals surface area contributed by atoms with Crippen LogP contribution in [0.4, 0.5) is 0 Å². The van der Waals surface area contributed by atoms with Crippen molar-refractivity contribution in [3.8, 4) is 17.2 Å². The minimum atomic E-state index is -0.686. The summed E-state index contributed by atoms with van der Waals surface area (Å²) in [5.41, 5.74) is 2.35. The second-order valence-corrected chi connectivity index (χ2v) is 10.1. The number of rotatable bonds is 5. The van der Waals surface area contributed by atoms with Gasteiger partial charge in [-0.2, -0.15) is 0 Å². The largest absolute Gasteiger partial charge is 0.508 e. The lowest BCUT2D eigenvalue weighted by Crippen LogP contribution is -2.28. The Morgan fingerprint density at radius 3 is 2.51 bits per heavy atom. The zero-order valence-corrected chi connectivity index (χ0v) is 22.3. The third-order valence-corrected chi connectivity index (χ3v) is 7.76. The van der Waals surface area contributed by atoms with Crippen LogP contribution in [0.1, 0.15) is 27.6 Å². The van der Waals surface area contributed by atoms with Crippen LogP contribution in [0, 0.1) is 0 Å². The molecule has 0 amide bonds. The summed E-state index contributed by atoms with van der Waals surface area (Å²) < 4.78 is 21.9. The van der Waals surface area contributed by atoms with Gasteiger partial charge in [0, 0.05) is 22.1 Å². The maximum Gasteiger partial charge on any atom is 0.340 e. The van der Waals surface area contributed by atoms with Crippen molar-refractivity contribution in [1.82, 2.24) is 4.90 Å². The number of nitrogens with zero attached hydrogens (tertiary/aromatic N) is 1. The first-order chi connectivity index (χ1) is 17.9. The van der Waals surface area contributed by atoms with Crippen LogP contribution in [-0.4, -0.2) is 43.0 Å². The Kier molecular flexibility index (Phi) is 6.94. The highest BCUT2D eigenvalue weighted by atomic mass is 79.9. The Labute approximate surface area is 225 Å². The molecule has 1 atom stereocenters. The highest BCUT2D eigenvalue weighted by Crippen LogP contribution is 2.42. The molecule has 10 heteroatoms. The van der Waals surface area contributed by atoms with Crippen LogP contribution in [0.3, 0.4) is 0 Å². The summed E-state index contributed by atoms with van der Waals surface area (Å²) in [7, 11) is 2.52. The predicted octanol–water partition coefficient (Wildman–Crippen LogP) is 5.16. The summed E-state index contributed by atoms with van der Waals surface area (Å²) >= 11 is 5.17. The first-order valence-corrected chi connectivity index (χ1v) is 12.9. The summed E-state index contributed by atoms with van der Waals surface area (Å²) in [6, 6.07) is 12.2. The molecule has 3 heterocycles. The lowest BCUT2D eigenvalue weighted by Gasteiger charge is -2.34. The molecule has 1 unspecified atom stereocenters. The van der Waals surface area contributed by atoms with Crippen molar-refractivity contribution in [1.29, 1.82) is 0 Å². The van der Waals surface area contributed by atoms with Crippen LogP contribution in [0.2, 0.25) is 0 Å². The second-order valence-electron chi connectivity index (χ2n) is 8.28. The number of phenolic OH excluding ortho intramolecular Hbond substituents is 1. The van der Waals surface area contributed by atoms with Gasteiger partial charge in [0.15, 0.2) is 11.5 Å². The Morgan fingerprint density at radius 2 is 1.81 bits per heavy atom. The SMILES string of the molecule is COC(=O)C1=Cc2ccc(O)cc2C(c2cccs2)N(Cc2cc3c(cc2Br)OCO3)C=C1C(=O)OC. The number of carbonyl (C=O) groups is 2. The van der Waals surface area contributed by atoms with Crippen molar-refractivity contribution < 1.29 is 33.6 Å². The first kappa shape index (κ1) is 24.9. The fraction of sp³-hybridized carbons (Fsp3) is 0.185. The van der Waals surface area contributed by atoms with E-state index in [9.17, 15) is 14.7 Å². The summed E-state index contributed by atoms with van der Waals surface area (Å²) in [6.07, 6.45) is 3.21. The monoisotopic (exact) mass is 583 g/mol. The fourth-order valence-electron chi connectivity index (χ4n) is 4.38. The van der Waals surface area contributed by atoms with E-state index in [-0.39, 0.29) is 23.7 Å². The molecule has 0 radical (unpaired) electrons. The van der Waals surface area contributed by atoms with E-state index in [1.807, 2.05) is 34.5 Å². The molecule has 37 heavy (non-hydrogen) atoms. The molecule has 1 aromatic heterocycles. The molecule has 0 bridgehead atoms. The maximum absolute atomic E-state index is 13.0. The van der Waals surface area contributed by atoms with Gasteiger partial charge in [0.25, 0.3) is 0 Å². The lowest BCUT2D eigenvalue weighted by atomic mass is 9.91. The number of halogens is 1. The van der Waals surface area contributed by atoms with Crippen LogP contribution >= 0.6 is 27.3 Å². The minimum absolute atomic E-state index is 0.0423. The number of carbonyl (C=O) groups excluding carboxylic acids is 2. The number of thiophene rings is 1. The topological polar surface area (TPSA) is 94.5 Å². The standard InChI is InChI=1S/C27H22BrNO7S/c1-33-26(31)19-8-15-5-6-17(30)10-18(15)25(24-4-3-7-37-24)29(13-20(19)27(32)34-2)12-16-9-22-23(11-21(16)28)36-14-35-22/h3-11,13,25,30H,12,14H2,1-2H3. The van der Waals surface area contributed by atoms with E-state index < -0.39 is 18.0 Å². The van der Waals surface area contributed by atoms with E-state index in [0.29, 0.717) is 23.6 Å². The second kappa shape index (κ2) is 10.3. The van der Waals surface area contributed by atoms with Gasteiger partial charge < -0.3 is 29.0 Å². The van der Waals surface area contributed by atoms with Gasteiger partial charge in [0.05, 0.1) is 31.4 Å². The van der Waals surface area contributed by atoms with E-state index in [4.69, 9.17) is 18.9 Å². The Bertz CT molecular complexity index is 1430. The molecule has 0 saturated carbocycles. The molecular weight excluding hydrogens is 562 g/mol. The van der Waals surface area contributed by atoms with Crippen molar-refractivity contribution >= 4 is 45.3 Å². The van der Waals surface area contributed by atoms with Crippen molar-refractivity contribution in [3.05, 3.63) is 91.2 Å².